The van der Waals surface area contributed by atoms with Crippen molar-refractivity contribution in [2.75, 3.05) is 6.61 Å². The highest BCUT2D eigenvalue weighted by Crippen LogP contribution is 2.19. The van der Waals surface area contributed by atoms with Crippen LogP contribution in [0.25, 0.3) is 0 Å². The van der Waals surface area contributed by atoms with Crippen LogP contribution in [-0.2, 0) is 6.42 Å². The van der Waals surface area contributed by atoms with E-state index in [9.17, 15) is 9.50 Å². The van der Waals surface area contributed by atoms with Crippen LogP contribution < -0.4 is 0 Å². The van der Waals surface area contributed by atoms with E-state index in [-0.39, 0.29) is 12.4 Å². The quantitative estimate of drug-likeness (QED) is 0.674. The molecule has 0 aliphatic heterocycles. The molecule has 0 aliphatic carbocycles. The fourth-order valence-corrected chi connectivity index (χ4v) is 1.16. The molecule has 0 fully saturated rings. The number of phenolic OH excluding ortho intramolecular Hbond substituents is 1. The Morgan fingerprint density at radius 1 is 1.36 bits per heavy atom. The molecule has 0 spiro atoms. The lowest BCUT2D eigenvalue weighted by molar-refractivity contribution is 0.0884. The summed E-state index contributed by atoms with van der Waals surface area (Å²) in [6, 6.07) is 3.75. The summed E-state index contributed by atoms with van der Waals surface area (Å²) >= 11 is 0. The summed E-state index contributed by atoms with van der Waals surface area (Å²) in [6.07, 6.45) is -0.0387. The average molecular weight is 200 g/mol. The second-order valence-electron chi connectivity index (χ2n) is 3.15. The van der Waals surface area contributed by atoms with Gasteiger partial charge in [0.15, 0.2) is 0 Å². The van der Waals surface area contributed by atoms with Crippen molar-refractivity contribution >= 4 is 0 Å². The van der Waals surface area contributed by atoms with Gasteiger partial charge in [0, 0.05) is 6.07 Å². The van der Waals surface area contributed by atoms with Crippen molar-refractivity contribution in [3.8, 4) is 5.75 Å². The van der Waals surface area contributed by atoms with Crippen molar-refractivity contribution in [2.45, 2.75) is 18.9 Å². The Morgan fingerprint density at radius 3 is 2.64 bits per heavy atom. The second-order valence-corrected chi connectivity index (χ2v) is 3.15. The number of hydrogen-bond acceptors (Lipinski definition) is 3. The van der Waals surface area contributed by atoms with Crippen molar-refractivity contribution in [1.82, 2.24) is 0 Å². The van der Waals surface area contributed by atoms with Crippen LogP contribution in [-0.4, -0.2) is 28.0 Å². The molecule has 3 N–H and O–H groups in total. The Morgan fingerprint density at radius 2 is 2.07 bits per heavy atom. The van der Waals surface area contributed by atoms with Crippen molar-refractivity contribution in [2.24, 2.45) is 0 Å². The third-order valence-corrected chi connectivity index (χ3v) is 2.00. The standard InChI is InChI=1S/C10H13FO3/c11-8-3-1-7(10(14)5-8)2-4-9(13)6-12/h1,3,5,9,12-14H,2,4,6H2. The van der Waals surface area contributed by atoms with Crippen molar-refractivity contribution < 1.29 is 19.7 Å². The number of aromatic hydroxyl groups is 1. The molecular weight excluding hydrogens is 187 g/mol. The first-order chi connectivity index (χ1) is 6.63. The molecule has 0 saturated carbocycles. The molecular formula is C10H13FO3. The molecule has 0 bridgehead atoms. The highest BCUT2D eigenvalue weighted by Gasteiger charge is 2.06. The molecule has 1 unspecified atom stereocenters. The minimum atomic E-state index is -0.792. The Kier molecular flexibility index (Phi) is 3.85. The first kappa shape index (κ1) is 10.9. The zero-order valence-corrected chi connectivity index (χ0v) is 7.65. The molecule has 0 radical (unpaired) electrons. The van der Waals surface area contributed by atoms with Gasteiger partial charge in [-0.15, -0.1) is 0 Å². The minimum Gasteiger partial charge on any atom is -0.508 e. The normalized spacial score (nSPS) is 12.8. The number of benzene rings is 1. The number of aliphatic hydroxyl groups is 2. The van der Waals surface area contributed by atoms with Crippen molar-refractivity contribution in [1.29, 1.82) is 0 Å². The van der Waals surface area contributed by atoms with Crippen LogP contribution in [0.3, 0.4) is 0 Å². The van der Waals surface area contributed by atoms with Gasteiger partial charge < -0.3 is 15.3 Å². The molecule has 1 aromatic rings. The smallest absolute Gasteiger partial charge is 0.126 e. The molecule has 14 heavy (non-hydrogen) atoms. The van der Waals surface area contributed by atoms with E-state index < -0.39 is 11.9 Å². The maximum absolute atomic E-state index is 12.6. The summed E-state index contributed by atoms with van der Waals surface area (Å²) in [5.74, 6) is -0.607. The van der Waals surface area contributed by atoms with Crippen molar-refractivity contribution in [3.05, 3.63) is 29.6 Å². The molecule has 3 nitrogen and oxygen atoms in total. The predicted octanol–water partition coefficient (Wildman–Crippen LogP) is 0.817. The molecule has 78 valence electrons. The molecule has 1 atom stereocenters. The van der Waals surface area contributed by atoms with Crippen molar-refractivity contribution in [3.63, 3.8) is 0 Å². The van der Waals surface area contributed by atoms with Crippen LogP contribution in [0.4, 0.5) is 4.39 Å². The van der Waals surface area contributed by atoms with Crippen LogP contribution in [0.2, 0.25) is 0 Å². The highest BCUT2D eigenvalue weighted by atomic mass is 19.1. The maximum atomic E-state index is 12.6. The summed E-state index contributed by atoms with van der Waals surface area (Å²) in [5.41, 5.74) is 0.568. The van der Waals surface area contributed by atoms with Crippen LogP contribution in [0.15, 0.2) is 18.2 Å². The zero-order chi connectivity index (χ0) is 10.6. The number of aryl methyl sites for hydroxylation is 1. The number of halogens is 1. The molecule has 0 saturated heterocycles. The molecule has 1 aromatic carbocycles. The van der Waals surface area contributed by atoms with E-state index in [1.165, 1.54) is 12.1 Å². The van der Waals surface area contributed by atoms with E-state index in [1.807, 2.05) is 0 Å². The molecule has 4 heteroatoms. The van der Waals surface area contributed by atoms with Gasteiger partial charge in [0.25, 0.3) is 0 Å². The number of aliphatic hydroxyl groups excluding tert-OH is 2. The predicted molar refractivity (Wildman–Crippen MR) is 49.5 cm³/mol. The summed E-state index contributed by atoms with van der Waals surface area (Å²) < 4.78 is 12.6. The molecule has 0 amide bonds. The van der Waals surface area contributed by atoms with Gasteiger partial charge in [-0.2, -0.15) is 0 Å². The Bertz CT molecular complexity index is 301. The summed E-state index contributed by atoms with van der Waals surface area (Å²) in [4.78, 5) is 0. The SMILES string of the molecule is OCC(O)CCc1ccc(F)cc1O. The van der Waals surface area contributed by atoms with Crippen LogP contribution in [0.1, 0.15) is 12.0 Å². The van der Waals surface area contributed by atoms with Gasteiger partial charge in [-0.05, 0) is 24.5 Å². The summed E-state index contributed by atoms with van der Waals surface area (Å²) in [7, 11) is 0. The van der Waals surface area contributed by atoms with E-state index >= 15 is 0 Å². The molecule has 0 heterocycles. The number of hydrogen-bond donors (Lipinski definition) is 3. The van der Waals surface area contributed by atoms with Crippen LogP contribution in [0.5, 0.6) is 5.75 Å². The second kappa shape index (κ2) is 4.93. The fraction of sp³-hybridized carbons (Fsp3) is 0.400. The number of rotatable bonds is 4. The monoisotopic (exact) mass is 200 g/mol. The maximum Gasteiger partial charge on any atom is 0.126 e. The first-order valence-corrected chi connectivity index (χ1v) is 4.40. The van der Waals surface area contributed by atoms with Gasteiger partial charge in [-0.25, -0.2) is 4.39 Å². The van der Waals surface area contributed by atoms with E-state index in [4.69, 9.17) is 10.2 Å². The fourth-order valence-electron chi connectivity index (χ4n) is 1.16. The molecule has 0 aromatic heterocycles. The van der Waals surface area contributed by atoms with Crippen LogP contribution >= 0.6 is 0 Å². The zero-order valence-electron chi connectivity index (χ0n) is 7.65. The third kappa shape index (κ3) is 2.97. The van der Waals surface area contributed by atoms with E-state index in [0.29, 0.717) is 18.4 Å². The van der Waals surface area contributed by atoms with Gasteiger partial charge in [-0.1, -0.05) is 6.07 Å². The third-order valence-electron chi connectivity index (χ3n) is 2.00. The largest absolute Gasteiger partial charge is 0.508 e. The van der Waals surface area contributed by atoms with Gasteiger partial charge in [0.1, 0.15) is 11.6 Å². The Labute approximate surface area is 81.4 Å². The van der Waals surface area contributed by atoms with Gasteiger partial charge in [0.2, 0.25) is 0 Å². The van der Waals surface area contributed by atoms with Gasteiger partial charge >= 0.3 is 0 Å². The van der Waals surface area contributed by atoms with E-state index in [2.05, 4.69) is 0 Å². The molecule has 1 rings (SSSR count). The highest BCUT2D eigenvalue weighted by molar-refractivity contribution is 5.32. The number of phenols is 1. The first-order valence-electron chi connectivity index (χ1n) is 4.40. The van der Waals surface area contributed by atoms with E-state index in [1.54, 1.807) is 0 Å². The Balaban J connectivity index is 2.59. The minimum absolute atomic E-state index is 0.116. The van der Waals surface area contributed by atoms with Gasteiger partial charge in [0.05, 0.1) is 12.7 Å². The lowest BCUT2D eigenvalue weighted by atomic mass is 10.1. The average Bonchev–Trinajstić information content (AvgIpc) is 2.16. The topological polar surface area (TPSA) is 60.7 Å². The van der Waals surface area contributed by atoms with Gasteiger partial charge in [-0.3, -0.25) is 0 Å². The summed E-state index contributed by atoms with van der Waals surface area (Å²) in [5, 5.41) is 26.9. The lowest BCUT2D eigenvalue weighted by Crippen LogP contribution is -2.12. The Hall–Kier alpha value is -1.13. The van der Waals surface area contributed by atoms with Crippen LogP contribution in [0, 0.1) is 5.82 Å². The summed E-state index contributed by atoms with van der Waals surface area (Å²) in [6.45, 7) is -0.304. The van der Waals surface area contributed by atoms with E-state index in [0.717, 1.165) is 6.07 Å². The molecule has 0 aliphatic rings. The lowest BCUT2D eigenvalue weighted by Gasteiger charge is -2.07.